The van der Waals surface area contributed by atoms with Gasteiger partial charge in [-0.1, -0.05) is 0 Å². The summed E-state index contributed by atoms with van der Waals surface area (Å²) in [6.45, 7) is 0. The van der Waals surface area contributed by atoms with E-state index < -0.39 is 21.2 Å². The first-order chi connectivity index (χ1) is 7.38. The number of benzene rings is 1. The van der Waals surface area contributed by atoms with E-state index in [0.29, 0.717) is 0 Å². The van der Waals surface area contributed by atoms with Gasteiger partial charge in [-0.2, -0.15) is 8.42 Å². The maximum absolute atomic E-state index is 11.0. The zero-order valence-electron chi connectivity index (χ0n) is 7.72. The largest absolute Gasteiger partial charge is 0.316 e. The molecule has 3 N–H and O–H groups in total. The topological polar surface area (TPSA) is 120 Å². The van der Waals surface area contributed by atoms with Crippen molar-refractivity contribution in [2.24, 2.45) is 0 Å². The lowest BCUT2D eigenvalue weighted by Crippen LogP contribution is -2.28. The van der Waals surface area contributed by atoms with Crippen LogP contribution in [0, 0.1) is 0 Å². The highest BCUT2D eigenvalue weighted by Gasteiger charge is 2.10. The third-order valence-corrected chi connectivity index (χ3v) is 2.84. The van der Waals surface area contributed by atoms with E-state index in [1.165, 1.54) is 6.07 Å². The first kappa shape index (κ1) is 10.6. The molecular weight excluding hydrogens is 236 g/mol. The molecule has 16 heavy (non-hydrogen) atoms. The van der Waals surface area contributed by atoms with Gasteiger partial charge in [-0.25, -0.2) is 0 Å². The number of aromatic nitrogens is 2. The van der Waals surface area contributed by atoms with Gasteiger partial charge in [0, 0.05) is 0 Å². The van der Waals surface area contributed by atoms with E-state index in [1.807, 2.05) is 0 Å². The summed E-state index contributed by atoms with van der Waals surface area (Å²) < 4.78 is 30.4. The lowest BCUT2D eigenvalue weighted by molar-refractivity contribution is 0.483. The molecule has 1 aromatic heterocycles. The van der Waals surface area contributed by atoms with Gasteiger partial charge in [-0.15, -0.1) is 0 Å². The highest BCUT2D eigenvalue weighted by Crippen LogP contribution is 2.13. The molecule has 2 rings (SSSR count). The quantitative estimate of drug-likeness (QED) is 0.458. The summed E-state index contributed by atoms with van der Waals surface area (Å²) in [5.41, 5.74) is -1.32. The van der Waals surface area contributed by atoms with Crippen LogP contribution < -0.4 is 11.1 Å². The van der Waals surface area contributed by atoms with Gasteiger partial charge < -0.3 is 9.97 Å². The number of nitrogens with one attached hydrogen (secondary N) is 2. The van der Waals surface area contributed by atoms with Crippen LogP contribution in [-0.4, -0.2) is 22.9 Å². The molecule has 0 atom stereocenters. The minimum absolute atomic E-state index is 0.125. The molecule has 0 spiro atoms. The molecule has 0 unspecified atom stereocenters. The van der Waals surface area contributed by atoms with Gasteiger partial charge >= 0.3 is 11.1 Å². The number of fused-ring (bicyclic) bond motifs is 1. The Labute approximate surface area is 88.5 Å². The Balaban J connectivity index is 2.87. The maximum Gasteiger partial charge on any atom is 0.314 e. The molecule has 0 saturated carbocycles. The van der Waals surface area contributed by atoms with Gasteiger partial charge in [0.25, 0.3) is 10.1 Å². The van der Waals surface area contributed by atoms with Crippen LogP contribution in [0.3, 0.4) is 0 Å². The van der Waals surface area contributed by atoms with E-state index in [-0.39, 0.29) is 15.9 Å². The molecule has 8 heteroatoms. The van der Waals surface area contributed by atoms with Crippen molar-refractivity contribution in [1.29, 1.82) is 0 Å². The van der Waals surface area contributed by atoms with Crippen molar-refractivity contribution in [3.05, 3.63) is 38.9 Å². The predicted molar refractivity (Wildman–Crippen MR) is 55.0 cm³/mol. The number of rotatable bonds is 1. The Morgan fingerprint density at radius 2 is 1.56 bits per heavy atom. The number of aromatic amines is 2. The van der Waals surface area contributed by atoms with Crippen molar-refractivity contribution in [2.45, 2.75) is 4.90 Å². The second-order valence-electron chi connectivity index (χ2n) is 3.09. The van der Waals surface area contributed by atoms with Crippen LogP contribution in [0.15, 0.2) is 32.7 Å². The fraction of sp³-hybridized carbons (Fsp3) is 0. The van der Waals surface area contributed by atoms with Crippen molar-refractivity contribution in [3.63, 3.8) is 0 Å². The molecule has 0 bridgehead atoms. The molecule has 0 aliphatic heterocycles. The highest BCUT2D eigenvalue weighted by molar-refractivity contribution is 7.85. The van der Waals surface area contributed by atoms with Crippen molar-refractivity contribution in [2.75, 3.05) is 0 Å². The first-order valence-electron chi connectivity index (χ1n) is 4.12. The van der Waals surface area contributed by atoms with E-state index >= 15 is 0 Å². The molecule has 0 aliphatic rings. The third-order valence-electron chi connectivity index (χ3n) is 1.99. The summed E-state index contributed by atoms with van der Waals surface area (Å²) >= 11 is 0. The third kappa shape index (κ3) is 1.75. The summed E-state index contributed by atoms with van der Waals surface area (Å²) in [5, 5.41) is 0. The minimum atomic E-state index is -4.33. The lowest BCUT2D eigenvalue weighted by atomic mass is 10.3. The number of hydrogen-bond acceptors (Lipinski definition) is 4. The van der Waals surface area contributed by atoms with Crippen LogP contribution in [0.1, 0.15) is 0 Å². The average Bonchev–Trinajstić information content (AvgIpc) is 2.17. The van der Waals surface area contributed by atoms with Gasteiger partial charge in [0.1, 0.15) is 0 Å². The summed E-state index contributed by atoms with van der Waals surface area (Å²) in [6, 6.07) is 3.45. The van der Waals surface area contributed by atoms with Crippen LogP contribution in [0.2, 0.25) is 0 Å². The smallest absolute Gasteiger partial charge is 0.314 e. The van der Waals surface area contributed by atoms with Crippen molar-refractivity contribution in [3.8, 4) is 0 Å². The van der Waals surface area contributed by atoms with Crippen molar-refractivity contribution in [1.82, 2.24) is 9.97 Å². The Kier molecular flexibility index (Phi) is 2.17. The fourth-order valence-electron chi connectivity index (χ4n) is 1.25. The van der Waals surface area contributed by atoms with Crippen LogP contribution >= 0.6 is 0 Å². The Bertz CT molecular complexity index is 771. The van der Waals surface area contributed by atoms with Crippen LogP contribution in [0.4, 0.5) is 0 Å². The minimum Gasteiger partial charge on any atom is -0.316 e. The van der Waals surface area contributed by atoms with Gasteiger partial charge in [0.05, 0.1) is 15.9 Å². The van der Waals surface area contributed by atoms with Gasteiger partial charge in [-0.3, -0.25) is 14.1 Å². The molecule has 0 amide bonds. The molecule has 7 nitrogen and oxygen atoms in total. The molecular formula is C8H6N2O5S. The molecule has 0 radical (unpaired) electrons. The second-order valence-corrected chi connectivity index (χ2v) is 4.51. The Morgan fingerprint density at radius 3 is 2.12 bits per heavy atom. The molecule has 2 aromatic rings. The standard InChI is InChI=1S/C8H6N2O5S/c11-7-8(12)10-6-3-4(16(13,14)15)1-2-5(6)9-7/h1-3H,(H,9,11)(H,10,12)(H,13,14,15). The highest BCUT2D eigenvalue weighted by atomic mass is 32.2. The Hall–Kier alpha value is -1.93. The Morgan fingerprint density at radius 1 is 1.00 bits per heavy atom. The summed E-state index contributed by atoms with van der Waals surface area (Å²) in [5.74, 6) is 0. The van der Waals surface area contributed by atoms with E-state index in [0.717, 1.165) is 12.1 Å². The predicted octanol–water partition coefficient (Wildman–Crippen LogP) is -0.537. The molecule has 0 saturated heterocycles. The van der Waals surface area contributed by atoms with E-state index in [4.69, 9.17) is 4.55 Å². The van der Waals surface area contributed by atoms with E-state index in [2.05, 4.69) is 9.97 Å². The van der Waals surface area contributed by atoms with Gasteiger partial charge in [0.15, 0.2) is 0 Å². The van der Waals surface area contributed by atoms with Gasteiger partial charge in [0.2, 0.25) is 0 Å². The van der Waals surface area contributed by atoms with E-state index in [9.17, 15) is 18.0 Å². The average molecular weight is 242 g/mol. The van der Waals surface area contributed by atoms with Crippen LogP contribution in [-0.2, 0) is 10.1 Å². The summed E-state index contributed by atoms with van der Waals surface area (Å²) in [4.78, 5) is 26.0. The number of H-pyrrole nitrogens is 2. The number of hydrogen-bond donors (Lipinski definition) is 3. The normalized spacial score (nSPS) is 11.8. The molecule has 1 heterocycles. The van der Waals surface area contributed by atoms with Crippen LogP contribution in [0.5, 0.6) is 0 Å². The molecule has 1 aromatic carbocycles. The zero-order valence-corrected chi connectivity index (χ0v) is 8.54. The fourth-order valence-corrected chi connectivity index (χ4v) is 1.76. The van der Waals surface area contributed by atoms with Gasteiger partial charge in [-0.05, 0) is 18.2 Å². The molecule has 0 aliphatic carbocycles. The van der Waals surface area contributed by atoms with E-state index in [1.54, 1.807) is 0 Å². The monoisotopic (exact) mass is 242 g/mol. The van der Waals surface area contributed by atoms with Crippen LogP contribution in [0.25, 0.3) is 11.0 Å². The van der Waals surface area contributed by atoms with Crippen molar-refractivity contribution < 1.29 is 13.0 Å². The van der Waals surface area contributed by atoms with Crippen molar-refractivity contribution >= 4 is 21.2 Å². The molecule has 0 fully saturated rings. The lowest BCUT2D eigenvalue weighted by Gasteiger charge is -1.99. The summed E-state index contributed by atoms with van der Waals surface area (Å²) in [7, 11) is -4.33. The first-order valence-corrected chi connectivity index (χ1v) is 5.56. The zero-order chi connectivity index (χ0) is 11.9. The maximum atomic E-state index is 11.0. The molecule has 84 valence electrons. The second kappa shape index (κ2) is 3.29. The SMILES string of the molecule is O=c1[nH]c2ccc(S(=O)(=O)O)cc2[nH]c1=O. The summed E-state index contributed by atoms with van der Waals surface area (Å²) in [6.07, 6.45) is 0.